The molecule has 136 valence electrons. The van der Waals surface area contributed by atoms with Crippen molar-refractivity contribution in [1.82, 2.24) is 5.32 Å². The Hall–Kier alpha value is -2.32. The van der Waals surface area contributed by atoms with Crippen LogP contribution in [-0.2, 0) is 14.9 Å². The van der Waals surface area contributed by atoms with E-state index in [1.54, 1.807) is 51.1 Å². The molecule has 0 heterocycles. The van der Waals surface area contributed by atoms with E-state index in [2.05, 4.69) is 10.6 Å². The highest BCUT2D eigenvalue weighted by Gasteiger charge is 2.16. The number of ether oxygens (including phenoxy) is 1. The molecule has 0 bridgehead atoms. The predicted molar refractivity (Wildman–Crippen MR) is 96.5 cm³/mol. The maximum absolute atomic E-state index is 11.6. The monoisotopic (exact) mass is 366 g/mol. The summed E-state index contributed by atoms with van der Waals surface area (Å²) in [6, 6.07) is 9.79. The maximum atomic E-state index is 11.6. The third-order valence-corrected chi connectivity index (χ3v) is 4.18. The molecule has 3 N–H and O–H groups in total. The molecule has 0 unspecified atom stereocenters. The Bertz CT molecular complexity index is 872. The smallest absolute Gasteiger partial charge is 0.407 e. The Morgan fingerprint density at radius 3 is 2.36 bits per heavy atom. The highest BCUT2D eigenvalue weighted by Crippen LogP contribution is 2.28. The fourth-order valence-corrected chi connectivity index (χ4v) is 3.04. The lowest BCUT2D eigenvalue weighted by atomic mass is 10.1. The van der Waals surface area contributed by atoms with Crippen molar-refractivity contribution in [3.05, 3.63) is 36.4 Å². The van der Waals surface area contributed by atoms with Gasteiger partial charge in [0.2, 0.25) is 0 Å². The molecule has 0 fully saturated rings. The summed E-state index contributed by atoms with van der Waals surface area (Å²) in [5, 5.41) is 6.86. The predicted octanol–water partition coefficient (Wildman–Crippen LogP) is 3.02. The number of nitrogens with one attached hydrogen (secondary N) is 2. The van der Waals surface area contributed by atoms with Gasteiger partial charge in [0.15, 0.2) is 0 Å². The SMILES string of the molecule is CC(C)(C)OC(=O)NCCNc1cccc2c(S(=O)(=O)O)cccc12. The molecule has 2 aromatic carbocycles. The van der Waals surface area contributed by atoms with Crippen LogP contribution in [0.25, 0.3) is 10.8 Å². The molecular formula is C17H22N2O5S. The third-order valence-electron chi connectivity index (χ3n) is 3.27. The van der Waals surface area contributed by atoms with Crippen molar-refractivity contribution >= 4 is 32.7 Å². The van der Waals surface area contributed by atoms with Crippen molar-refractivity contribution in [2.45, 2.75) is 31.3 Å². The standard InChI is InChI=1S/C17H22N2O5S/c1-17(2,3)24-16(20)19-11-10-18-14-8-4-7-13-12(14)6-5-9-15(13)25(21,22)23/h4-9,18H,10-11H2,1-3H3,(H,19,20)(H,21,22,23). The molecule has 0 atom stereocenters. The molecule has 0 aliphatic carbocycles. The van der Waals surface area contributed by atoms with Crippen molar-refractivity contribution in [2.24, 2.45) is 0 Å². The molecule has 0 saturated carbocycles. The van der Waals surface area contributed by atoms with Crippen LogP contribution in [0.15, 0.2) is 41.3 Å². The number of benzene rings is 2. The van der Waals surface area contributed by atoms with Gasteiger partial charge < -0.3 is 15.4 Å². The van der Waals surface area contributed by atoms with Gasteiger partial charge in [-0.1, -0.05) is 24.3 Å². The van der Waals surface area contributed by atoms with Crippen molar-refractivity contribution < 1.29 is 22.5 Å². The van der Waals surface area contributed by atoms with Gasteiger partial charge in [0.05, 0.1) is 0 Å². The number of carbonyl (C=O) groups is 1. The van der Waals surface area contributed by atoms with Crippen LogP contribution in [0.5, 0.6) is 0 Å². The van der Waals surface area contributed by atoms with E-state index in [1.165, 1.54) is 6.07 Å². The second-order valence-electron chi connectivity index (χ2n) is 6.49. The molecule has 1 amide bonds. The molecule has 0 aliphatic heterocycles. The first-order valence-corrected chi connectivity index (χ1v) is 9.22. The Morgan fingerprint density at radius 2 is 1.72 bits per heavy atom. The van der Waals surface area contributed by atoms with E-state index in [0.717, 1.165) is 0 Å². The average Bonchev–Trinajstić information content (AvgIpc) is 2.48. The number of anilines is 1. The van der Waals surface area contributed by atoms with Crippen molar-refractivity contribution in [3.8, 4) is 0 Å². The summed E-state index contributed by atoms with van der Waals surface area (Å²) < 4.78 is 37.4. The van der Waals surface area contributed by atoms with Gasteiger partial charge in [-0.05, 0) is 32.9 Å². The summed E-state index contributed by atoms with van der Waals surface area (Å²) in [4.78, 5) is 11.4. The fraction of sp³-hybridized carbons (Fsp3) is 0.353. The number of fused-ring (bicyclic) bond motifs is 1. The molecule has 2 aromatic rings. The van der Waals surface area contributed by atoms with E-state index in [1.807, 2.05) is 0 Å². The van der Waals surface area contributed by atoms with Gasteiger partial charge in [-0.3, -0.25) is 4.55 Å². The molecule has 25 heavy (non-hydrogen) atoms. The van der Waals surface area contributed by atoms with Crippen LogP contribution in [-0.4, -0.2) is 37.8 Å². The quantitative estimate of drug-likeness (QED) is 0.555. The molecule has 8 heteroatoms. The van der Waals surface area contributed by atoms with E-state index < -0.39 is 21.8 Å². The van der Waals surface area contributed by atoms with Gasteiger partial charge in [-0.2, -0.15) is 8.42 Å². The van der Waals surface area contributed by atoms with Gasteiger partial charge in [0, 0.05) is 29.5 Å². The van der Waals surface area contributed by atoms with Crippen LogP contribution >= 0.6 is 0 Å². The molecule has 7 nitrogen and oxygen atoms in total. The van der Waals surface area contributed by atoms with Gasteiger partial charge >= 0.3 is 6.09 Å². The van der Waals surface area contributed by atoms with E-state index in [9.17, 15) is 17.8 Å². The number of carbonyl (C=O) groups excluding carboxylic acids is 1. The fourth-order valence-electron chi connectivity index (χ4n) is 2.34. The molecule has 0 radical (unpaired) electrons. The lowest BCUT2D eigenvalue weighted by Gasteiger charge is -2.19. The molecular weight excluding hydrogens is 344 g/mol. The summed E-state index contributed by atoms with van der Waals surface area (Å²) in [6.07, 6.45) is -0.499. The number of hydrogen-bond acceptors (Lipinski definition) is 5. The molecule has 0 saturated heterocycles. The van der Waals surface area contributed by atoms with Gasteiger partial charge in [-0.25, -0.2) is 4.79 Å². The van der Waals surface area contributed by atoms with E-state index >= 15 is 0 Å². The number of amides is 1. The average molecular weight is 366 g/mol. The summed E-state index contributed by atoms with van der Waals surface area (Å²) >= 11 is 0. The Kier molecular flexibility index (Phi) is 5.54. The molecule has 0 aromatic heterocycles. The topological polar surface area (TPSA) is 105 Å². The van der Waals surface area contributed by atoms with Crippen LogP contribution in [0.1, 0.15) is 20.8 Å². The Morgan fingerprint density at radius 1 is 1.08 bits per heavy atom. The highest BCUT2D eigenvalue weighted by atomic mass is 32.2. The van der Waals surface area contributed by atoms with Crippen molar-refractivity contribution in [3.63, 3.8) is 0 Å². The van der Waals surface area contributed by atoms with E-state index in [4.69, 9.17) is 4.74 Å². The van der Waals surface area contributed by atoms with Crippen molar-refractivity contribution in [1.29, 1.82) is 0 Å². The Balaban J connectivity index is 2.07. The van der Waals surface area contributed by atoms with Crippen LogP contribution in [0.2, 0.25) is 0 Å². The first-order chi connectivity index (χ1) is 11.6. The number of rotatable bonds is 5. The summed E-state index contributed by atoms with van der Waals surface area (Å²) in [6.45, 7) is 6.12. The minimum absolute atomic E-state index is 0.138. The third kappa shape index (κ3) is 5.33. The maximum Gasteiger partial charge on any atom is 0.407 e. The number of hydrogen-bond donors (Lipinski definition) is 3. The van der Waals surface area contributed by atoms with E-state index in [0.29, 0.717) is 29.5 Å². The van der Waals surface area contributed by atoms with Gasteiger partial charge in [-0.15, -0.1) is 0 Å². The lowest BCUT2D eigenvalue weighted by Crippen LogP contribution is -2.35. The van der Waals surface area contributed by atoms with E-state index in [-0.39, 0.29) is 4.90 Å². The summed E-state index contributed by atoms with van der Waals surface area (Å²) in [7, 11) is -4.30. The zero-order valence-corrected chi connectivity index (χ0v) is 15.2. The minimum atomic E-state index is -4.30. The van der Waals surface area contributed by atoms with Crippen LogP contribution < -0.4 is 10.6 Å². The highest BCUT2D eigenvalue weighted by molar-refractivity contribution is 7.86. The summed E-state index contributed by atoms with van der Waals surface area (Å²) in [5.74, 6) is 0. The molecule has 0 aliphatic rings. The number of alkyl carbamates (subject to hydrolysis) is 1. The van der Waals surface area contributed by atoms with Gasteiger partial charge in [0.1, 0.15) is 10.5 Å². The first-order valence-electron chi connectivity index (χ1n) is 7.78. The van der Waals surface area contributed by atoms with Crippen molar-refractivity contribution in [2.75, 3.05) is 18.4 Å². The second kappa shape index (κ2) is 7.28. The second-order valence-corrected chi connectivity index (χ2v) is 7.88. The normalized spacial score (nSPS) is 12.0. The first kappa shape index (κ1) is 19.0. The zero-order chi connectivity index (χ0) is 18.7. The van der Waals surface area contributed by atoms with Crippen LogP contribution in [0.3, 0.4) is 0 Å². The zero-order valence-electron chi connectivity index (χ0n) is 14.4. The summed E-state index contributed by atoms with van der Waals surface area (Å²) in [5.41, 5.74) is 0.147. The van der Waals surface area contributed by atoms with Crippen LogP contribution in [0, 0.1) is 0 Å². The van der Waals surface area contributed by atoms with Gasteiger partial charge in [0.25, 0.3) is 10.1 Å². The lowest BCUT2D eigenvalue weighted by molar-refractivity contribution is 0.0530. The van der Waals surface area contributed by atoms with Crippen LogP contribution in [0.4, 0.5) is 10.5 Å². The Labute approximate surface area is 147 Å². The minimum Gasteiger partial charge on any atom is -0.444 e. The molecule has 0 spiro atoms. The molecule has 2 rings (SSSR count). The largest absolute Gasteiger partial charge is 0.444 e.